The second kappa shape index (κ2) is 15.0. The Kier molecular flexibility index (Phi) is 11.9. The average Bonchev–Trinajstić information content (AvgIpc) is 2.94. The van der Waals surface area contributed by atoms with Crippen LogP contribution in [0.2, 0.25) is 5.02 Å². The van der Waals surface area contributed by atoms with Crippen molar-refractivity contribution in [2.75, 3.05) is 43.6 Å². The molecule has 0 radical (unpaired) electrons. The summed E-state index contributed by atoms with van der Waals surface area (Å²) in [6.45, 7) is 9.88. The lowest BCUT2D eigenvalue weighted by Gasteiger charge is -2.35. The third kappa shape index (κ3) is 9.26. The molecular formula is C31H39Cl2N3O5S. The Morgan fingerprint density at radius 2 is 1.52 bits per heavy atom. The van der Waals surface area contributed by atoms with Crippen LogP contribution >= 0.6 is 24.0 Å². The zero-order valence-corrected chi connectivity index (χ0v) is 26.6. The van der Waals surface area contributed by atoms with Gasteiger partial charge in [-0.1, -0.05) is 48.0 Å². The van der Waals surface area contributed by atoms with E-state index in [9.17, 15) is 13.2 Å². The fraction of sp³-hybridized carbons (Fsp3) is 0.387. The number of anilines is 1. The van der Waals surface area contributed by atoms with Crippen molar-refractivity contribution in [3.05, 3.63) is 89.4 Å². The zero-order chi connectivity index (χ0) is 29.5. The Balaban J connectivity index is 0.00000484. The second-order valence-electron chi connectivity index (χ2n) is 10.9. The first-order chi connectivity index (χ1) is 19.5. The van der Waals surface area contributed by atoms with E-state index in [4.69, 9.17) is 21.1 Å². The standard InChI is InChI=1S/C31H38ClN3O5S.ClH/c1-31(2,3)40-30(36)34-21-19-33(20-22-34)18-9-23-39-29-13-8-7-10-25(29)24-35(27-11-5-4-6-12-27)41(37,38)28-16-14-26(32)15-17-28;/h4-8,10-17H,9,18-24H2,1-3H3;1H. The van der Waals surface area contributed by atoms with E-state index >= 15 is 0 Å². The smallest absolute Gasteiger partial charge is 0.410 e. The predicted octanol–water partition coefficient (Wildman–Crippen LogP) is 6.48. The molecule has 0 aromatic heterocycles. The number of carbonyl (C=O) groups excluding carboxylic acids is 1. The van der Waals surface area contributed by atoms with E-state index in [1.54, 1.807) is 29.2 Å². The highest BCUT2D eigenvalue weighted by atomic mass is 35.5. The fourth-order valence-corrected chi connectivity index (χ4v) is 6.09. The summed E-state index contributed by atoms with van der Waals surface area (Å²) in [5, 5.41) is 0.471. The van der Waals surface area contributed by atoms with E-state index in [2.05, 4.69) is 4.90 Å². The molecule has 228 valence electrons. The van der Waals surface area contributed by atoms with Gasteiger partial charge in [-0.05, 0) is 69.7 Å². The monoisotopic (exact) mass is 635 g/mol. The molecule has 0 atom stereocenters. The Morgan fingerprint density at radius 1 is 0.905 bits per heavy atom. The summed E-state index contributed by atoms with van der Waals surface area (Å²) in [5.41, 5.74) is 0.822. The number of rotatable bonds is 10. The van der Waals surface area contributed by atoms with E-state index in [0.29, 0.717) is 36.2 Å². The molecule has 1 aliphatic heterocycles. The van der Waals surface area contributed by atoms with Crippen molar-refractivity contribution < 1.29 is 22.7 Å². The minimum atomic E-state index is -3.87. The first-order valence-electron chi connectivity index (χ1n) is 13.8. The number of hydrogen-bond donors (Lipinski definition) is 0. The minimum absolute atomic E-state index is 0. The molecule has 1 heterocycles. The molecule has 8 nitrogen and oxygen atoms in total. The number of nitrogens with zero attached hydrogens (tertiary/aromatic N) is 3. The second-order valence-corrected chi connectivity index (χ2v) is 13.2. The molecule has 1 saturated heterocycles. The van der Waals surface area contributed by atoms with Gasteiger partial charge in [-0.2, -0.15) is 0 Å². The van der Waals surface area contributed by atoms with Crippen LogP contribution < -0.4 is 9.04 Å². The summed E-state index contributed by atoms with van der Waals surface area (Å²) in [6.07, 6.45) is 0.534. The predicted molar refractivity (Wildman–Crippen MR) is 169 cm³/mol. The molecule has 3 aromatic rings. The summed E-state index contributed by atoms with van der Waals surface area (Å²) in [7, 11) is -3.87. The Labute approximate surface area is 260 Å². The van der Waals surface area contributed by atoms with Gasteiger partial charge in [0.05, 0.1) is 23.7 Å². The molecule has 1 fully saturated rings. The number of halogens is 2. The molecule has 0 N–H and O–H groups in total. The topological polar surface area (TPSA) is 79.4 Å². The summed E-state index contributed by atoms with van der Waals surface area (Å²) in [4.78, 5) is 16.5. The largest absolute Gasteiger partial charge is 0.493 e. The van der Waals surface area contributed by atoms with Gasteiger partial charge in [0.1, 0.15) is 11.4 Å². The summed E-state index contributed by atoms with van der Waals surface area (Å²) >= 11 is 6.01. The highest BCUT2D eigenvalue weighted by Crippen LogP contribution is 2.29. The third-order valence-corrected chi connectivity index (χ3v) is 8.67. The van der Waals surface area contributed by atoms with Crippen LogP contribution in [-0.2, 0) is 21.3 Å². The number of benzene rings is 3. The van der Waals surface area contributed by atoms with Crippen LogP contribution in [-0.4, -0.2) is 69.2 Å². The van der Waals surface area contributed by atoms with Crippen molar-refractivity contribution in [3.63, 3.8) is 0 Å². The van der Waals surface area contributed by atoms with E-state index in [-0.39, 0.29) is 29.9 Å². The van der Waals surface area contributed by atoms with Crippen LogP contribution in [0.15, 0.2) is 83.8 Å². The maximum Gasteiger partial charge on any atom is 0.410 e. The van der Waals surface area contributed by atoms with Gasteiger partial charge in [-0.15, -0.1) is 12.4 Å². The Morgan fingerprint density at radius 3 is 2.17 bits per heavy atom. The first kappa shape index (κ1) is 33.5. The lowest BCUT2D eigenvalue weighted by molar-refractivity contribution is 0.0142. The first-order valence-corrected chi connectivity index (χ1v) is 15.6. The normalized spacial score (nSPS) is 14.1. The molecule has 42 heavy (non-hydrogen) atoms. The molecule has 0 spiro atoms. The van der Waals surface area contributed by atoms with Crippen LogP contribution in [0, 0.1) is 0 Å². The molecule has 1 aliphatic rings. The van der Waals surface area contributed by atoms with Gasteiger partial charge in [0, 0.05) is 43.3 Å². The summed E-state index contributed by atoms with van der Waals surface area (Å²) in [5.74, 6) is 0.648. The fourth-order valence-electron chi connectivity index (χ4n) is 4.52. The highest BCUT2D eigenvalue weighted by Gasteiger charge is 2.27. The van der Waals surface area contributed by atoms with Gasteiger partial charge in [0.15, 0.2) is 0 Å². The Hall–Kier alpha value is -2.98. The molecule has 0 aliphatic carbocycles. The Bertz CT molecular complexity index is 1390. The lowest BCUT2D eigenvalue weighted by atomic mass is 10.2. The maximum atomic E-state index is 13.7. The van der Waals surface area contributed by atoms with Crippen molar-refractivity contribution in [1.82, 2.24) is 9.80 Å². The number of amides is 1. The number of sulfonamides is 1. The van der Waals surface area contributed by atoms with E-state index in [1.807, 2.05) is 63.2 Å². The number of ether oxygens (including phenoxy) is 2. The van der Waals surface area contributed by atoms with Crippen LogP contribution in [0.25, 0.3) is 0 Å². The number of hydrogen-bond acceptors (Lipinski definition) is 6. The van der Waals surface area contributed by atoms with Crippen molar-refractivity contribution in [2.45, 2.75) is 44.2 Å². The van der Waals surface area contributed by atoms with Crippen molar-refractivity contribution >= 4 is 45.8 Å². The average molecular weight is 637 g/mol. The zero-order valence-electron chi connectivity index (χ0n) is 24.2. The molecule has 11 heteroatoms. The quantitative estimate of drug-likeness (QED) is 0.237. The maximum absolute atomic E-state index is 13.7. The summed E-state index contributed by atoms with van der Waals surface area (Å²) < 4.78 is 40.5. The SMILES string of the molecule is CC(C)(C)OC(=O)N1CCN(CCCOc2ccccc2CN(c2ccccc2)S(=O)(=O)c2ccc(Cl)cc2)CC1.Cl. The van der Waals surface area contributed by atoms with E-state index in [0.717, 1.165) is 31.6 Å². The van der Waals surface area contributed by atoms with E-state index in [1.165, 1.54) is 16.4 Å². The van der Waals surface area contributed by atoms with Gasteiger partial charge < -0.3 is 14.4 Å². The summed E-state index contributed by atoms with van der Waals surface area (Å²) in [6, 6.07) is 22.7. The van der Waals surface area contributed by atoms with E-state index < -0.39 is 15.6 Å². The van der Waals surface area contributed by atoms with Crippen LogP contribution in [0.1, 0.15) is 32.8 Å². The van der Waals surface area contributed by atoms with Crippen LogP contribution in [0.4, 0.5) is 10.5 Å². The number of carbonyl (C=O) groups is 1. The minimum Gasteiger partial charge on any atom is -0.493 e. The molecule has 4 rings (SSSR count). The molecule has 0 unspecified atom stereocenters. The lowest BCUT2D eigenvalue weighted by Crippen LogP contribution is -2.50. The molecular weight excluding hydrogens is 597 g/mol. The highest BCUT2D eigenvalue weighted by molar-refractivity contribution is 7.92. The van der Waals surface area contributed by atoms with Crippen LogP contribution in [0.5, 0.6) is 5.75 Å². The molecule has 1 amide bonds. The number of para-hydroxylation sites is 2. The third-order valence-electron chi connectivity index (χ3n) is 6.63. The van der Waals surface area contributed by atoms with Crippen molar-refractivity contribution in [3.8, 4) is 5.75 Å². The van der Waals surface area contributed by atoms with Gasteiger partial charge >= 0.3 is 6.09 Å². The van der Waals surface area contributed by atoms with Crippen molar-refractivity contribution in [1.29, 1.82) is 0 Å². The van der Waals surface area contributed by atoms with Crippen molar-refractivity contribution in [2.24, 2.45) is 0 Å². The van der Waals surface area contributed by atoms with Gasteiger partial charge in [0.2, 0.25) is 0 Å². The van der Waals surface area contributed by atoms with Gasteiger partial charge in [-0.25, -0.2) is 13.2 Å². The number of piperazine rings is 1. The molecule has 0 saturated carbocycles. The van der Waals surface area contributed by atoms with Crippen LogP contribution in [0.3, 0.4) is 0 Å². The molecule has 0 bridgehead atoms. The van der Waals surface area contributed by atoms with Gasteiger partial charge in [0.25, 0.3) is 10.0 Å². The van der Waals surface area contributed by atoms with Gasteiger partial charge in [-0.3, -0.25) is 9.21 Å². The molecule has 3 aromatic carbocycles.